The lowest BCUT2D eigenvalue weighted by molar-refractivity contribution is -0.385. The molecule has 0 saturated carbocycles. The molecule has 1 aliphatic heterocycles. The van der Waals surface area contributed by atoms with E-state index < -0.39 is 17.5 Å². The molecule has 2 aromatic rings. The molecule has 0 spiro atoms. The molecule has 0 aliphatic carbocycles. The molecule has 0 radical (unpaired) electrons. The summed E-state index contributed by atoms with van der Waals surface area (Å²) in [5, 5.41) is 11.2. The SMILES string of the molecule is Cc1ccc(C(=O)COC(=O)/C=C/c2cc3c(cc2[N+](=O)[O-])OCO3)c(C)c1. The molecule has 28 heavy (non-hydrogen) atoms. The van der Waals surface area contributed by atoms with Crippen LogP contribution < -0.4 is 9.47 Å². The van der Waals surface area contributed by atoms with Crippen LogP contribution in [0, 0.1) is 24.0 Å². The van der Waals surface area contributed by atoms with Gasteiger partial charge in [0.05, 0.1) is 16.6 Å². The minimum Gasteiger partial charge on any atom is -0.454 e. The summed E-state index contributed by atoms with van der Waals surface area (Å²) in [6.07, 6.45) is 2.27. The Labute approximate surface area is 160 Å². The van der Waals surface area contributed by atoms with Crippen molar-refractivity contribution in [2.45, 2.75) is 13.8 Å². The number of hydrogen-bond acceptors (Lipinski definition) is 7. The van der Waals surface area contributed by atoms with Gasteiger partial charge in [0.15, 0.2) is 18.1 Å². The van der Waals surface area contributed by atoms with Crippen molar-refractivity contribution in [3.8, 4) is 11.5 Å². The Bertz CT molecular complexity index is 994. The number of ketones is 1. The Morgan fingerprint density at radius 2 is 1.89 bits per heavy atom. The van der Waals surface area contributed by atoms with Crippen molar-refractivity contribution in [2.24, 2.45) is 0 Å². The van der Waals surface area contributed by atoms with Crippen LogP contribution >= 0.6 is 0 Å². The van der Waals surface area contributed by atoms with Crippen LogP contribution in [0.15, 0.2) is 36.4 Å². The van der Waals surface area contributed by atoms with E-state index in [-0.39, 0.29) is 29.6 Å². The molecule has 0 aromatic heterocycles. The molecule has 0 bridgehead atoms. The molecule has 0 unspecified atom stereocenters. The zero-order valence-electron chi connectivity index (χ0n) is 15.3. The molecule has 8 heteroatoms. The predicted molar refractivity (Wildman–Crippen MR) is 99.5 cm³/mol. The van der Waals surface area contributed by atoms with Crippen molar-refractivity contribution < 1.29 is 28.7 Å². The summed E-state index contributed by atoms with van der Waals surface area (Å²) in [5.74, 6) is -0.493. The second-order valence-electron chi connectivity index (χ2n) is 6.20. The highest BCUT2D eigenvalue weighted by Crippen LogP contribution is 2.38. The fraction of sp³-hybridized carbons (Fsp3) is 0.200. The summed E-state index contributed by atoms with van der Waals surface area (Å²) >= 11 is 0. The summed E-state index contributed by atoms with van der Waals surface area (Å²) < 4.78 is 15.3. The predicted octanol–water partition coefficient (Wildman–Crippen LogP) is 3.38. The van der Waals surface area contributed by atoms with Gasteiger partial charge in [0.25, 0.3) is 5.69 Å². The summed E-state index contributed by atoms with van der Waals surface area (Å²) in [4.78, 5) is 34.7. The summed E-state index contributed by atoms with van der Waals surface area (Å²) in [6.45, 7) is 3.28. The van der Waals surface area contributed by atoms with Gasteiger partial charge in [0.2, 0.25) is 12.6 Å². The van der Waals surface area contributed by atoms with Gasteiger partial charge in [-0.3, -0.25) is 14.9 Å². The van der Waals surface area contributed by atoms with Crippen molar-refractivity contribution >= 4 is 23.5 Å². The Hall–Kier alpha value is -3.68. The number of esters is 1. The molecule has 0 atom stereocenters. The molecule has 1 aliphatic rings. The van der Waals surface area contributed by atoms with Crippen molar-refractivity contribution in [2.75, 3.05) is 13.4 Å². The number of nitrogens with zero attached hydrogens (tertiary/aromatic N) is 1. The molecular formula is C20H17NO7. The van der Waals surface area contributed by atoms with Gasteiger partial charge in [-0.2, -0.15) is 0 Å². The summed E-state index contributed by atoms with van der Waals surface area (Å²) in [7, 11) is 0. The van der Waals surface area contributed by atoms with E-state index in [0.29, 0.717) is 11.3 Å². The number of carbonyl (C=O) groups is 2. The number of nitro groups is 1. The third-order valence-electron chi connectivity index (χ3n) is 4.15. The number of nitro benzene ring substituents is 1. The second-order valence-corrected chi connectivity index (χ2v) is 6.20. The first-order valence-electron chi connectivity index (χ1n) is 8.38. The Kier molecular flexibility index (Phi) is 5.39. The Balaban J connectivity index is 1.67. The van der Waals surface area contributed by atoms with Gasteiger partial charge < -0.3 is 14.2 Å². The lowest BCUT2D eigenvalue weighted by Crippen LogP contribution is -2.13. The van der Waals surface area contributed by atoms with Crippen LogP contribution in [0.4, 0.5) is 5.69 Å². The maximum Gasteiger partial charge on any atom is 0.331 e. The molecule has 1 heterocycles. The van der Waals surface area contributed by atoms with Gasteiger partial charge in [-0.25, -0.2) is 4.79 Å². The number of carbonyl (C=O) groups excluding carboxylic acids is 2. The molecular weight excluding hydrogens is 366 g/mol. The lowest BCUT2D eigenvalue weighted by atomic mass is 10.0. The highest BCUT2D eigenvalue weighted by atomic mass is 16.7. The van der Waals surface area contributed by atoms with Crippen molar-refractivity contribution in [1.82, 2.24) is 0 Å². The molecule has 3 rings (SSSR count). The maximum absolute atomic E-state index is 12.2. The summed E-state index contributed by atoms with van der Waals surface area (Å²) in [5.41, 5.74) is 2.23. The Morgan fingerprint density at radius 3 is 2.57 bits per heavy atom. The van der Waals surface area contributed by atoms with Gasteiger partial charge in [-0.15, -0.1) is 0 Å². The third kappa shape index (κ3) is 4.17. The fourth-order valence-electron chi connectivity index (χ4n) is 2.79. The van der Waals surface area contributed by atoms with E-state index in [1.54, 1.807) is 19.1 Å². The number of benzene rings is 2. The van der Waals surface area contributed by atoms with E-state index in [9.17, 15) is 19.7 Å². The maximum atomic E-state index is 12.2. The molecule has 8 nitrogen and oxygen atoms in total. The number of rotatable bonds is 6. The zero-order valence-corrected chi connectivity index (χ0v) is 15.3. The van der Waals surface area contributed by atoms with Gasteiger partial charge in [-0.05, 0) is 31.6 Å². The van der Waals surface area contributed by atoms with E-state index in [1.165, 1.54) is 18.2 Å². The highest BCUT2D eigenvalue weighted by molar-refractivity contribution is 6.00. The largest absolute Gasteiger partial charge is 0.454 e. The van der Waals surface area contributed by atoms with Crippen LogP contribution in [0.1, 0.15) is 27.0 Å². The minimum absolute atomic E-state index is 0.0256. The van der Waals surface area contributed by atoms with Crippen LogP contribution in [-0.2, 0) is 9.53 Å². The van der Waals surface area contributed by atoms with Crippen LogP contribution in [-0.4, -0.2) is 30.1 Å². The van der Waals surface area contributed by atoms with E-state index in [2.05, 4.69) is 0 Å². The Morgan fingerprint density at radius 1 is 1.18 bits per heavy atom. The van der Waals surface area contributed by atoms with Crippen LogP contribution in [0.3, 0.4) is 0 Å². The first-order chi connectivity index (χ1) is 13.3. The van der Waals surface area contributed by atoms with E-state index in [1.807, 2.05) is 13.0 Å². The molecule has 0 N–H and O–H groups in total. The second kappa shape index (κ2) is 7.91. The first kappa shape index (κ1) is 19.1. The average molecular weight is 383 g/mol. The smallest absolute Gasteiger partial charge is 0.331 e. The number of fused-ring (bicyclic) bond motifs is 1. The first-order valence-corrected chi connectivity index (χ1v) is 8.38. The standard InChI is InChI=1S/C20H17NO7/c1-12-3-5-15(13(2)7-12)17(22)10-26-20(23)6-4-14-8-18-19(28-11-27-18)9-16(14)21(24)25/h3-9H,10-11H2,1-2H3/b6-4+. The molecule has 0 fully saturated rings. The molecule has 0 saturated heterocycles. The number of aryl methyl sites for hydroxylation is 2. The van der Waals surface area contributed by atoms with Crippen molar-refractivity contribution in [3.63, 3.8) is 0 Å². The highest BCUT2D eigenvalue weighted by Gasteiger charge is 2.22. The minimum atomic E-state index is -0.787. The topological polar surface area (TPSA) is 105 Å². The molecule has 0 amide bonds. The normalized spacial score (nSPS) is 12.2. The van der Waals surface area contributed by atoms with Gasteiger partial charge in [0, 0.05) is 11.6 Å². The molecule has 144 valence electrons. The van der Waals surface area contributed by atoms with Crippen molar-refractivity contribution in [1.29, 1.82) is 0 Å². The van der Waals surface area contributed by atoms with Crippen LogP contribution in [0.25, 0.3) is 6.08 Å². The van der Waals surface area contributed by atoms with Crippen LogP contribution in [0.2, 0.25) is 0 Å². The van der Waals surface area contributed by atoms with E-state index in [4.69, 9.17) is 14.2 Å². The van der Waals surface area contributed by atoms with E-state index >= 15 is 0 Å². The van der Waals surface area contributed by atoms with Gasteiger partial charge in [-0.1, -0.05) is 23.8 Å². The number of hydrogen-bond donors (Lipinski definition) is 0. The van der Waals surface area contributed by atoms with Gasteiger partial charge in [0.1, 0.15) is 0 Å². The number of ether oxygens (including phenoxy) is 3. The monoisotopic (exact) mass is 383 g/mol. The van der Waals surface area contributed by atoms with Gasteiger partial charge >= 0.3 is 5.97 Å². The quantitative estimate of drug-likeness (QED) is 0.247. The van der Waals surface area contributed by atoms with Crippen molar-refractivity contribution in [3.05, 3.63) is 68.8 Å². The fourth-order valence-corrected chi connectivity index (χ4v) is 2.79. The zero-order chi connectivity index (χ0) is 20.3. The van der Waals surface area contributed by atoms with E-state index in [0.717, 1.165) is 17.2 Å². The number of Topliss-reactive ketones (excluding diaryl/α,β-unsaturated/α-hetero) is 1. The summed E-state index contributed by atoms with van der Waals surface area (Å²) in [6, 6.07) is 8.00. The lowest BCUT2D eigenvalue weighted by Gasteiger charge is -2.06. The average Bonchev–Trinajstić information content (AvgIpc) is 3.11. The third-order valence-corrected chi connectivity index (χ3v) is 4.15. The molecule has 2 aromatic carbocycles. The van der Waals surface area contributed by atoms with Crippen LogP contribution in [0.5, 0.6) is 11.5 Å².